The molecule has 0 amide bonds. The Bertz CT molecular complexity index is 1120. The predicted octanol–water partition coefficient (Wildman–Crippen LogP) is 5.43. The van der Waals surface area contributed by atoms with Crippen molar-refractivity contribution in [2.24, 2.45) is 0 Å². The maximum atomic E-state index is 12.9. The summed E-state index contributed by atoms with van der Waals surface area (Å²) in [6.45, 7) is 2.01. The van der Waals surface area contributed by atoms with Gasteiger partial charge in [-0.3, -0.25) is 4.79 Å². The van der Waals surface area contributed by atoms with Crippen LogP contribution in [0.2, 0.25) is 5.02 Å². The number of fused-ring (bicyclic) bond motifs is 1. The molecule has 2 aromatic carbocycles. The van der Waals surface area contributed by atoms with E-state index >= 15 is 0 Å². The van der Waals surface area contributed by atoms with Gasteiger partial charge in [0.25, 0.3) is 0 Å². The van der Waals surface area contributed by atoms with Crippen LogP contribution in [0.4, 0.5) is 0 Å². The molecule has 0 saturated heterocycles. The van der Waals surface area contributed by atoms with Crippen molar-refractivity contribution in [3.63, 3.8) is 0 Å². The number of hydrogen-bond acceptors (Lipinski definition) is 3. The molecular formula is C23H20ClN3O. The number of carbonyl (C=O) groups excluding carboxylic acids is 1. The van der Waals surface area contributed by atoms with E-state index in [1.54, 1.807) is 10.7 Å². The molecule has 2 heterocycles. The number of benzene rings is 2. The monoisotopic (exact) mass is 389 g/mol. The van der Waals surface area contributed by atoms with Gasteiger partial charge < -0.3 is 0 Å². The lowest BCUT2D eigenvalue weighted by atomic mass is 10.0. The number of imidazole rings is 1. The molecule has 0 unspecified atom stereocenters. The number of halogens is 1. The normalized spacial score (nSPS) is 11.1. The maximum absolute atomic E-state index is 12.9. The molecule has 4 aromatic rings. The lowest BCUT2D eigenvalue weighted by molar-refractivity contribution is 0.0975. The second-order valence-electron chi connectivity index (χ2n) is 6.68. The lowest BCUT2D eigenvalue weighted by Gasteiger charge is -2.06. The van der Waals surface area contributed by atoms with Crippen LogP contribution in [0.1, 0.15) is 35.1 Å². The zero-order valence-electron chi connectivity index (χ0n) is 15.6. The highest BCUT2D eigenvalue weighted by molar-refractivity contribution is 6.30. The van der Waals surface area contributed by atoms with Crippen molar-refractivity contribution in [1.82, 2.24) is 14.6 Å². The van der Waals surface area contributed by atoms with E-state index in [-0.39, 0.29) is 5.78 Å². The van der Waals surface area contributed by atoms with Gasteiger partial charge >= 0.3 is 0 Å². The number of aromatic nitrogens is 3. The van der Waals surface area contributed by atoms with Gasteiger partial charge in [0.05, 0.1) is 5.69 Å². The molecule has 0 atom stereocenters. The van der Waals surface area contributed by atoms with E-state index in [1.165, 1.54) is 0 Å². The fourth-order valence-corrected chi connectivity index (χ4v) is 3.47. The first kappa shape index (κ1) is 18.4. The Hall–Kier alpha value is -2.98. The van der Waals surface area contributed by atoms with E-state index in [9.17, 15) is 4.79 Å². The summed E-state index contributed by atoms with van der Waals surface area (Å²) in [6.07, 6.45) is 3.50. The van der Waals surface area contributed by atoms with Crippen LogP contribution in [0.3, 0.4) is 0 Å². The predicted molar refractivity (Wildman–Crippen MR) is 112 cm³/mol. The quantitative estimate of drug-likeness (QED) is 0.413. The third kappa shape index (κ3) is 3.69. The van der Waals surface area contributed by atoms with Crippen molar-refractivity contribution in [3.05, 3.63) is 88.8 Å². The Balaban J connectivity index is 1.49. The molecule has 5 heteroatoms. The average Bonchev–Trinajstić information content (AvgIpc) is 3.12. The second-order valence-corrected chi connectivity index (χ2v) is 7.12. The number of aryl methyl sites for hydroxylation is 2. The molecule has 0 aliphatic heterocycles. The van der Waals surface area contributed by atoms with Gasteiger partial charge in [0, 0.05) is 17.6 Å². The van der Waals surface area contributed by atoms with Crippen LogP contribution >= 0.6 is 11.6 Å². The summed E-state index contributed by atoms with van der Waals surface area (Å²) in [4.78, 5) is 17.4. The highest BCUT2D eigenvalue weighted by Gasteiger charge is 2.18. The van der Waals surface area contributed by atoms with Gasteiger partial charge in [0.15, 0.2) is 11.4 Å². The molecule has 0 saturated carbocycles. The Kier molecular flexibility index (Phi) is 5.22. The summed E-state index contributed by atoms with van der Waals surface area (Å²) < 4.78 is 1.66. The van der Waals surface area contributed by atoms with Gasteiger partial charge in [-0.25, -0.2) is 9.50 Å². The zero-order valence-corrected chi connectivity index (χ0v) is 16.4. The fourth-order valence-electron chi connectivity index (χ4n) is 3.34. The molecule has 140 valence electrons. The fraction of sp³-hybridized carbons (Fsp3) is 0.174. The summed E-state index contributed by atoms with van der Waals surface area (Å²) in [6, 6.07) is 19.8. The average molecular weight is 390 g/mol. The minimum atomic E-state index is 0.0739. The summed E-state index contributed by atoms with van der Waals surface area (Å²) in [7, 11) is 0. The van der Waals surface area contributed by atoms with Crippen LogP contribution in [0.5, 0.6) is 0 Å². The summed E-state index contributed by atoms with van der Waals surface area (Å²) in [5.74, 6) is 0.0739. The lowest BCUT2D eigenvalue weighted by Crippen LogP contribution is -2.09. The molecule has 0 fully saturated rings. The molecule has 0 spiro atoms. The minimum Gasteiger partial charge on any atom is -0.292 e. The molecular weight excluding hydrogens is 370 g/mol. The van der Waals surface area contributed by atoms with Gasteiger partial charge in [0.1, 0.15) is 5.69 Å². The van der Waals surface area contributed by atoms with E-state index in [2.05, 4.69) is 34.3 Å². The van der Waals surface area contributed by atoms with Gasteiger partial charge in [-0.15, -0.1) is 0 Å². The molecule has 2 aromatic heterocycles. The molecule has 0 N–H and O–H groups in total. The number of nitrogens with zero attached hydrogens (tertiary/aromatic N) is 3. The van der Waals surface area contributed by atoms with E-state index in [4.69, 9.17) is 11.6 Å². The van der Waals surface area contributed by atoms with Gasteiger partial charge in [-0.1, -0.05) is 54.9 Å². The summed E-state index contributed by atoms with van der Waals surface area (Å²) in [5.41, 5.74) is 5.51. The van der Waals surface area contributed by atoms with Crippen LogP contribution < -0.4 is 0 Å². The van der Waals surface area contributed by atoms with E-state index in [0.717, 1.165) is 33.1 Å². The van der Waals surface area contributed by atoms with Gasteiger partial charge in [0.2, 0.25) is 0 Å². The molecule has 0 radical (unpaired) electrons. The van der Waals surface area contributed by atoms with Crippen molar-refractivity contribution in [2.45, 2.75) is 26.2 Å². The van der Waals surface area contributed by atoms with Crippen LogP contribution in [-0.4, -0.2) is 20.4 Å². The Morgan fingerprint density at radius 3 is 2.36 bits per heavy atom. The van der Waals surface area contributed by atoms with Crippen LogP contribution in [0.15, 0.2) is 66.9 Å². The van der Waals surface area contributed by atoms with Crippen molar-refractivity contribution in [2.75, 3.05) is 0 Å². The molecule has 0 aliphatic rings. The standard InChI is InChI=1S/C23H20ClN3O/c1-2-20-23(27-22(26-20)4-3-15-25-27)21(28)14-7-16-5-8-17(9-6-16)18-10-12-19(24)13-11-18/h3-6,8-13,15H,2,7,14H2,1H3. The highest BCUT2D eigenvalue weighted by atomic mass is 35.5. The Labute approximate surface area is 168 Å². The summed E-state index contributed by atoms with van der Waals surface area (Å²) >= 11 is 5.95. The third-order valence-corrected chi connectivity index (χ3v) is 5.09. The van der Waals surface area contributed by atoms with Gasteiger partial charge in [-0.05, 0) is 53.8 Å². The first-order chi connectivity index (χ1) is 13.7. The van der Waals surface area contributed by atoms with Crippen molar-refractivity contribution in [3.8, 4) is 11.1 Å². The van der Waals surface area contributed by atoms with E-state index < -0.39 is 0 Å². The first-order valence-corrected chi connectivity index (χ1v) is 9.74. The smallest absolute Gasteiger partial charge is 0.183 e. The number of ketones is 1. The Morgan fingerprint density at radius 2 is 1.68 bits per heavy atom. The number of Topliss-reactive ketones (excluding diaryl/α,β-unsaturated/α-hetero) is 1. The highest BCUT2D eigenvalue weighted by Crippen LogP contribution is 2.22. The van der Waals surface area contributed by atoms with Crippen molar-refractivity contribution >= 4 is 23.0 Å². The van der Waals surface area contributed by atoms with E-state index in [0.29, 0.717) is 25.0 Å². The Morgan fingerprint density at radius 1 is 1.00 bits per heavy atom. The molecule has 0 aliphatic carbocycles. The van der Waals surface area contributed by atoms with Crippen LogP contribution in [-0.2, 0) is 12.8 Å². The van der Waals surface area contributed by atoms with Crippen LogP contribution in [0.25, 0.3) is 16.8 Å². The van der Waals surface area contributed by atoms with Gasteiger partial charge in [-0.2, -0.15) is 5.10 Å². The molecule has 4 rings (SSSR count). The first-order valence-electron chi connectivity index (χ1n) is 9.36. The maximum Gasteiger partial charge on any atom is 0.183 e. The number of rotatable bonds is 6. The number of hydrogen-bond donors (Lipinski definition) is 0. The SMILES string of the molecule is CCc1nc2cccnn2c1C(=O)CCc1ccc(-c2ccc(Cl)cc2)cc1. The summed E-state index contributed by atoms with van der Waals surface area (Å²) in [5, 5.41) is 5.03. The van der Waals surface area contributed by atoms with Crippen molar-refractivity contribution < 1.29 is 4.79 Å². The second kappa shape index (κ2) is 7.95. The largest absolute Gasteiger partial charge is 0.292 e. The van der Waals surface area contributed by atoms with Crippen molar-refractivity contribution in [1.29, 1.82) is 0 Å². The van der Waals surface area contributed by atoms with E-state index in [1.807, 2.05) is 43.3 Å². The van der Waals surface area contributed by atoms with Crippen LogP contribution in [0, 0.1) is 0 Å². The minimum absolute atomic E-state index is 0.0739. The molecule has 4 nitrogen and oxygen atoms in total. The topological polar surface area (TPSA) is 47.3 Å². The molecule has 0 bridgehead atoms. The zero-order chi connectivity index (χ0) is 19.5. The molecule has 28 heavy (non-hydrogen) atoms. The third-order valence-electron chi connectivity index (χ3n) is 4.84. The number of carbonyl (C=O) groups is 1.